The highest BCUT2D eigenvalue weighted by molar-refractivity contribution is 5.85. The molecule has 20 heavy (non-hydrogen) atoms. The molecular weight excluding hydrogens is 272 g/mol. The molecule has 1 aromatic carbocycles. The van der Waals surface area contributed by atoms with E-state index in [1.54, 1.807) is 0 Å². The van der Waals surface area contributed by atoms with E-state index >= 15 is 0 Å². The molecule has 0 bridgehead atoms. The van der Waals surface area contributed by atoms with Gasteiger partial charge in [-0.2, -0.15) is 0 Å². The maximum Gasteiger partial charge on any atom is 0.224 e. The Bertz CT molecular complexity index is 414. The Morgan fingerprint density at radius 1 is 1.35 bits per heavy atom. The number of carbonyl (C=O) groups excluding carboxylic acids is 1. The summed E-state index contributed by atoms with van der Waals surface area (Å²) in [7, 11) is 0. The average Bonchev–Trinajstić information content (AvgIpc) is 2.91. The van der Waals surface area contributed by atoms with Gasteiger partial charge in [0.2, 0.25) is 5.91 Å². The van der Waals surface area contributed by atoms with Crippen LogP contribution in [0, 0.1) is 11.3 Å². The molecule has 1 saturated heterocycles. The van der Waals surface area contributed by atoms with E-state index in [1.807, 2.05) is 6.07 Å². The van der Waals surface area contributed by atoms with Crippen LogP contribution < -0.4 is 10.6 Å². The number of benzene rings is 1. The minimum Gasteiger partial charge on any atom is -0.355 e. The summed E-state index contributed by atoms with van der Waals surface area (Å²) >= 11 is 0. The molecule has 1 amide bonds. The lowest BCUT2D eigenvalue weighted by Gasteiger charge is -2.26. The zero-order valence-electron chi connectivity index (χ0n) is 12.3. The third kappa shape index (κ3) is 5.14. The van der Waals surface area contributed by atoms with Gasteiger partial charge in [0.15, 0.2) is 0 Å². The molecule has 2 N–H and O–H groups in total. The van der Waals surface area contributed by atoms with Crippen molar-refractivity contribution in [2.45, 2.75) is 26.7 Å². The lowest BCUT2D eigenvalue weighted by molar-refractivity contribution is -0.124. The second kappa shape index (κ2) is 7.65. The monoisotopic (exact) mass is 296 g/mol. The van der Waals surface area contributed by atoms with Crippen LogP contribution in [0.25, 0.3) is 0 Å². The summed E-state index contributed by atoms with van der Waals surface area (Å²) in [6.45, 7) is 6.92. The van der Waals surface area contributed by atoms with Gasteiger partial charge < -0.3 is 10.6 Å². The zero-order chi connectivity index (χ0) is 13.7. The standard InChI is InChI=1S/C16H24N2O.ClH/c1-16(2,10-13-6-4-3-5-7-13)12-18-15(19)14-8-9-17-11-14;/h3-7,14,17H,8-12H2,1-2H3,(H,18,19);1H. The van der Waals surface area contributed by atoms with Crippen LogP contribution in [-0.4, -0.2) is 25.5 Å². The van der Waals surface area contributed by atoms with Crippen LogP contribution in [0.5, 0.6) is 0 Å². The molecule has 1 aliphatic rings. The topological polar surface area (TPSA) is 41.1 Å². The summed E-state index contributed by atoms with van der Waals surface area (Å²) in [4.78, 5) is 12.0. The van der Waals surface area contributed by atoms with Crippen molar-refractivity contribution < 1.29 is 4.79 Å². The molecule has 1 aliphatic heterocycles. The summed E-state index contributed by atoms with van der Waals surface area (Å²) in [6.07, 6.45) is 1.95. The number of hydrogen-bond acceptors (Lipinski definition) is 2. The van der Waals surface area contributed by atoms with Crippen molar-refractivity contribution in [1.29, 1.82) is 0 Å². The molecule has 0 saturated carbocycles. The van der Waals surface area contributed by atoms with Crippen LogP contribution in [0.4, 0.5) is 0 Å². The third-order valence-electron chi connectivity index (χ3n) is 3.70. The highest BCUT2D eigenvalue weighted by Gasteiger charge is 2.25. The molecule has 3 nitrogen and oxygen atoms in total. The number of hydrogen-bond donors (Lipinski definition) is 2. The molecule has 0 spiro atoms. The van der Waals surface area contributed by atoms with E-state index in [0.29, 0.717) is 0 Å². The molecule has 1 fully saturated rings. The first kappa shape index (κ1) is 17.0. The molecule has 0 aliphatic carbocycles. The summed E-state index contributed by atoms with van der Waals surface area (Å²) in [5.41, 5.74) is 1.41. The Labute approximate surface area is 127 Å². The van der Waals surface area contributed by atoms with Gasteiger partial charge >= 0.3 is 0 Å². The van der Waals surface area contributed by atoms with E-state index in [9.17, 15) is 4.79 Å². The summed E-state index contributed by atoms with van der Waals surface area (Å²) < 4.78 is 0. The average molecular weight is 297 g/mol. The van der Waals surface area contributed by atoms with E-state index in [-0.39, 0.29) is 29.6 Å². The maximum atomic E-state index is 12.0. The Hall–Kier alpha value is -1.06. The van der Waals surface area contributed by atoms with Gasteiger partial charge in [-0.15, -0.1) is 12.4 Å². The number of nitrogens with one attached hydrogen (secondary N) is 2. The molecule has 1 aromatic rings. The fourth-order valence-electron chi connectivity index (χ4n) is 2.56. The van der Waals surface area contributed by atoms with Crippen LogP contribution in [-0.2, 0) is 11.2 Å². The van der Waals surface area contributed by atoms with Gasteiger partial charge in [-0.3, -0.25) is 4.79 Å². The Morgan fingerprint density at radius 3 is 2.65 bits per heavy atom. The zero-order valence-corrected chi connectivity index (χ0v) is 13.1. The molecule has 0 radical (unpaired) electrons. The van der Waals surface area contributed by atoms with Gasteiger partial charge in [-0.1, -0.05) is 44.2 Å². The number of amides is 1. The Morgan fingerprint density at radius 2 is 2.05 bits per heavy atom. The lowest BCUT2D eigenvalue weighted by Crippen LogP contribution is -2.39. The molecule has 4 heteroatoms. The van der Waals surface area contributed by atoms with Crippen LogP contribution in [0.1, 0.15) is 25.8 Å². The molecule has 1 heterocycles. The van der Waals surface area contributed by atoms with Crippen molar-refractivity contribution in [2.24, 2.45) is 11.3 Å². The fourth-order valence-corrected chi connectivity index (χ4v) is 2.56. The Kier molecular flexibility index (Phi) is 6.50. The van der Waals surface area contributed by atoms with Crippen LogP contribution in [0.3, 0.4) is 0 Å². The van der Waals surface area contributed by atoms with Gasteiger partial charge in [-0.25, -0.2) is 0 Å². The fraction of sp³-hybridized carbons (Fsp3) is 0.562. The smallest absolute Gasteiger partial charge is 0.224 e. The molecule has 1 atom stereocenters. The van der Waals surface area contributed by atoms with E-state index in [2.05, 4.69) is 48.7 Å². The van der Waals surface area contributed by atoms with E-state index in [0.717, 1.165) is 32.5 Å². The maximum absolute atomic E-state index is 12.0. The quantitative estimate of drug-likeness (QED) is 0.876. The summed E-state index contributed by atoms with van der Waals surface area (Å²) in [6, 6.07) is 10.4. The van der Waals surface area contributed by atoms with Crippen LogP contribution in [0.2, 0.25) is 0 Å². The van der Waals surface area contributed by atoms with Gasteiger partial charge in [0.1, 0.15) is 0 Å². The minimum atomic E-state index is 0. The first-order chi connectivity index (χ1) is 9.07. The number of rotatable bonds is 5. The third-order valence-corrected chi connectivity index (χ3v) is 3.70. The van der Waals surface area contributed by atoms with Crippen molar-refractivity contribution in [1.82, 2.24) is 10.6 Å². The van der Waals surface area contributed by atoms with Gasteiger partial charge in [0.25, 0.3) is 0 Å². The minimum absolute atomic E-state index is 0. The van der Waals surface area contributed by atoms with Gasteiger partial charge in [0, 0.05) is 13.1 Å². The second-order valence-corrected chi connectivity index (χ2v) is 6.23. The van der Waals surface area contributed by atoms with E-state index in [4.69, 9.17) is 0 Å². The first-order valence-electron chi connectivity index (χ1n) is 7.09. The van der Waals surface area contributed by atoms with Gasteiger partial charge in [0.05, 0.1) is 5.92 Å². The molecular formula is C16H25ClN2O. The molecule has 0 aromatic heterocycles. The van der Waals surface area contributed by atoms with Crippen molar-refractivity contribution in [3.8, 4) is 0 Å². The predicted molar refractivity (Wildman–Crippen MR) is 85.2 cm³/mol. The molecule has 1 unspecified atom stereocenters. The van der Waals surface area contributed by atoms with Crippen molar-refractivity contribution in [3.63, 3.8) is 0 Å². The SMILES string of the molecule is CC(C)(CNC(=O)C1CCNC1)Cc1ccccc1.Cl. The molecule has 112 valence electrons. The molecule has 2 rings (SSSR count). The summed E-state index contributed by atoms with van der Waals surface area (Å²) in [5, 5.41) is 6.34. The lowest BCUT2D eigenvalue weighted by atomic mass is 9.85. The predicted octanol–water partition coefficient (Wildman–Crippen LogP) is 2.40. The van der Waals surface area contributed by atoms with E-state index in [1.165, 1.54) is 5.56 Å². The van der Waals surface area contributed by atoms with Crippen molar-refractivity contribution in [3.05, 3.63) is 35.9 Å². The van der Waals surface area contributed by atoms with E-state index < -0.39 is 0 Å². The van der Waals surface area contributed by atoms with Crippen LogP contribution in [0.15, 0.2) is 30.3 Å². The highest BCUT2D eigenvalue weighted by atomic mass is 35.5. The normalized spacial score (nSPS) is 18.4. The Balaban J connectivity index is 0.00000200. The summed E-state index contributed by atoms with van der Waals surface area (Å²) in [5.74, 6) is 0.360. The van der Waals surface area contributed by atoms with Crippen molar-refractivity contribution >= 4 is 18.3 Å². The van der Waals surface area contributed by atoms with Gasteiger partial charge in [-0.05, 0) is 30.4 Å². The highest BCUT2D eigenvalue weighted by Crippen LogP contribution is 2.21. The number of carbonyl (C=O) groups is 1. The largest absolute Gasteiger partial charge is 0.355 e. The van der Waals surface area contributed by atoms with Crippen molar-refractivity contribution in [2.75, 3.05) is 19.6 Å². The second-order valence-electron chi connectivity index (χ2n) is 6.23. The first-order valence-corrected chi connectivity index (χ1v) is 7.09. The number of halogens is 1. The van der Waals surface area contributed by atoms with Crippen LogP contribution >= 0.6 is 12.4 Å².